The average molecular weight is 412 g/mol. The molecular weight excluding hydrogens is 381 g/mol. The molecule has 2 amide bonds. The highest BCUT2D eigenvalue weighted by molar-refractivity contribution is 5.96. The summed E-state index contributed by atoms with van der Waals surface area (Å²) in [4.78, 5) is 30.3. The molecule has 2 aliphatic rings. The summed E-state index contributed by atoms with van der Waals surface area (Å²) >= 11 is 0. The number of rotatable bonds is 7. The van der Waals surface area contributed by atoms with Crippen LogP contribution >= 0.6 is 0 Å². The van der Waals surface area contributed by atoms with Gasteiger partial charge in [-0.2, -0.15) is 0 Å². The number of amides is 2. The monoisotopic (exact) mass is 411 g/mol. The quantitative estimate of drug-likeness (QED) is 0.688. The lowest BCUT2D eigenvalue weighted by molar-refractivity contribution is -0.133. The number of hydrogen-bond acceptors (Lipinski definition) is 2. The first kappa shape index (κ1) is 20.6. The van der Waals surface area contributed by atoms with Gasteiger partial charge in [0.05, 0.1) is 6.54 Å². The molecule has 0 radical (unpaired) electrons. The summed E-state index contributed by atoms with van der Waals surface area (Å²) in [5, 5.41) is 0. The minimum atomic E-state index is -0.431. The Hall–Kier alpha value is -2.63. The molecule has 0 atom stereocenters. The van der Waals surface area contributed by atoms with E-state index in [-0.39, 0.29) is 30.4 Å². The van der Waals surface area contributed by atoms with Crippen LogP contribution in [0.3, 0.4) is 0 Å². The van der Waals surface area contributed by atoms with Crippen molar-refractivity contribution < 1.29 is 14.0 Å². The second-order valence-electron chi connectivity index (χ2n) is 8.60. The summed E-state index contributed by atoms with van der Waals surface area (Å²) < 4.78 is 15.8. The number of carbonyl (C=O) groups is 2. The highest BCUT2D eigenvalue weighted by atomic mass is 19.1. The minimum absolute atomic E-state index is 0.0194. The normalized spacial score (nSPS) is 17.0. The van der Waals surface area contributed by atoms with Crippen LogP contribution in [0.15, 0.2) is 42.6 Å². The van der Waals surface area contributed by atoms with Gasteiger partial charge in [-0.25, -0.2) is 4.39 Å². The predicted octanol–water partition coefficient (Wildman–Crippen LogP) is 4.13. The molecule has 0 N–H and O–H groups in total. The van der Waals surface area contributed by atoms with Crippen molar-refractivity contribution in [2.24, 2.45) is 7.05 Å². The summed E-state index contributed by atoms with van der Waals surface area (Å²) in [6.07, 6.45) is 9.07. The van der Waals surface area contributed by atoms with Crippen molar-refractivity contribution in [3.63, 3.8) is 0 Å². The van der Waals surface area contributed by atoms with E-state index >= 15 is 0 Å². The maximum atomic E-state index is 13.7. The largest absolute Gasteiger partial charge is 0.353 e. The van der Waals surface area contributed by atoms with Gasteiger partial charge in [0.25, 0.3) is 5.91 Å². The lowest BCUT2D eigenvalue weighted by atomic mass is 9.93. The van der Waals surface area contributed by atoms with Gasteiger partial charge in [0, 0.05) is 36.6 Å². The molecule has 0 unspecified atom stereocenters. The van der Waals surface area contributed by atoms with Crippen LogP contribution in [0.5, 0.6) is 0 Å². The summed E-state index contributed by atoms with van der Waals surface area (Å²) in [6, 6.07) is 10.1. The van der Waals surface area contributed by atoms with E-state index < -0.39 is 5.82 Å². The maximum Gasteiger partial charge on any atom is 0.254 e. The van der Waals surface area contributed by atoms with Gasteiger partial charge in [0.15, 0.2) is 0 Å². The van der Waals surface area contributed by atoms with E-state index in [2.05, 4.69) is 0 Å². The van der Waals surface area contributed by atoms with Gasteiger partial charge in [0.2, 0.25) is 5.91 Å². The molecule has 0 bridgehead atoms. The van der Waals surface area contributed by atoms with E-state index in [0.717, 1.165) is 50.6 Å². The van der Waals surface area contributed by atoms with E-state index in [1.54, 1.807) is 17.0 Å². The second kappa shape index (κ2) is 9.02. The fraction of sp³-hybridized carbons (Fsp3) is 0.500. The van der Waals surface area contributed by atoms with Crippen LogP contribution in [0.25, 0.3) is 0 Å². The minimum Gasteiger partial charge on any atom is -0.353 e. The van der Waals surface area contributed by atoms with E-state index in [1.807, 2.05) is 34.8 Å². The molecule has 4 rings (SSSR count). The van der Waals surface area contributed by atoms with Crippen molar-refractivity contribution >= 4 is 11.8 Å². The maximum absolute atomic E-state index is 13.7. The van der Waals surface area contributed by atoms with Gasteiger partial charge in [-0.1, -0.05) is 25.3 Å². The predicted molar refractivity (Wildman–Crippen MR) is 113 cm³/mol. The third-order valence-electron chi connectivity index (χ3n) is 6.35. The Bertz CT molecular complexity index is 899. The molecular formula is C24H30FN3O2. The topological polar surface area (TPSA) is 45.6 Å². The number of nitrogens with zero attached hydrogens (tertiary/aromatic N) is 3. The third kappa shape index (κ3) is 4.74. The van der Waals surface area contributed by atoms with Crippen LogP contribution in [-0.4, -0.2) is 44.8 Å². The SMILES string of the molecule is Cn1cccc1CN(C(=O)CN(C(=O)c1cccc(F)c1)C1CCCCC1)C1CC1. The summed E-state index contributed by atoms with van der Waals surface area (Å²) in [7, 11) is 1.98. The van der Waals surface area contributed by atoms with E-state index in [4.69, 9.17) is 0 Å². The van der Waals surface area contributed by atoms with Crippen molar-refractivity contribution in [3.05, 3.63) is 59.7 Å². The number of aromatic nitrogens is 1. The number of aryl methyl sites for hydroxylation is 1. The lowest BCUT2D eigenvalue weighted by Gasteiger charge is -2.35. The fourth-order valence-corrected chi connectivity index (χ4v) is 4.43. The van der Waals surface area contributed by atoms with Crippen molar-refractivity contribution in [1.29, 1.82) is 0 Å². The van der Waals surface area contributed by atoms with Gasteiger partial charge < -0.3 is 14.4 Å². The fourth-order valence-electron chi connectivity index (χ4n) is 4.43. The first-order chi connectivity index (χ1) is 14.5. The Morgan fingerprint density at radius 1 is 1.00 bits per heavy atom. The van der Waals surface area contributed by atoms with Crippen molar-refractivity contribution in [2.45, 2.75) is 63.6 Å². The van der Waals surface area contributed by atoms with Gasteiger partial charge in [0.1, 0.15) is 12.4 Å². The molecule has 0 saturated heterocycles. The highest BCUT2D eigenvalue weighted by Crippen LogP contribution is 2.30. The Morgan fingerprint density at radius 2 is 1.73 bits per heavy atom. The molecule has 2 fully saturated rings. The first-order valence-corrected chi connectivity index (χ1v) is 11.0. The molecule has 5 nitrogen and oxygen atoms in total. The van der Waals surface area contributed by atoms with Gasteiger partial charge in [-0.15, -0.1) is 0 Å². The number of benzene rings is 1. The number of halogens is 1. The molecule has 2 aromatic rings. The van der Waals surface area contributed by atoms with E-state index in [1.165, 1.54) is 12.1 Å². The summed E-state index contributed by atoms with van der Waals surface area (Å²) in [6.45, 7) is 0.612. The molecule has 160 valence electrons. The lowest BCUT2D eigenvalue weighted by Crippen LogP contribution is -2.48. The highest BCUT2D eigenvalue weighted by Gasteiger charge is 2.36. The van der Waals surface area contributed by atoms with Crippen LogP contribution in [0.2, 0.25) is 0 Å². The van der Waals surface area contributed by atoms with E-state index in [0.29, 0.717) is 12.1 Å². The van der Waals surface area contributed by atoms with Crippen LogP contribution in [0, 0.1) is 5.82 Å². The average Bonchev–Trinajstić information content (AvgIpc) is 3.52. The summed E-state index contributed by atoms with van der Waals surface area (Å²) in [5.41, 5.74) is 1.39. The molecule has 0 spiro atoms. The van der Waals surface area contributed by atoms with Crippen LogP contribution < -0.4 is 0 Å². The molecule has 6 heteroatoms. The Kier molecular flexibility index (Phi) is 6.21. The zero-order chi connectivity index (χ0) is 21.1. The Morgan fingerprint density at radius 3 is 2.37 bits per heavy atom. The zero-order valence-corrected chi connectivity index (χ0v) is 17.6. The number of carbonyl (C=O) groups excluding carboxylic acids is 2. The number of hydrogen-bond donors (Lipinski definition) is 0. The van der Waals surface area contributed by atoms with Crippen molar-refractivity contribution in [2.75, 3.05) is 6.54 Å². The zero-order valence-electron chi connectivity index (χ0n) is 17.6. The second-order valence-corrected chi connectivity index (χ2v) is 8.60. The first-order valence-electron chi connectivity index (χ1n) is 11.0. The Labute approximate surface area is 177 Å². The van der Waals surface area contributed by atoms with Gasteiger partial charge in [-0.05, 0) is 56.0 Å². The summed E-state index contributed by atoms with van der Waals surface area (Å²) in [5.74, 6) is -0.697. The molecule has 2 aliphatic carbocycles. The van der Waals surface area contributed by atoms with Crippen LogP contribution in [-0.2, 0) is 18.4 Å². The van der Waals surface area contributed by atoms with E-state index in [9.17, 15) is 14.0 Å². The molecule has 1 aromatic carbocycles. The molecule has 1 aromatic heterocycles. The van der Waals surface area contributed by atoms with Gasteiger partial charge >= 0.3 is 0 Å². The standard InChI is InChI=1S/C24H30FN3O2/c1-26-14-6-11-22(26)16-27(21-12-13-21)23(29)17-28(20-9-3-2-4-10-20)24(30)18-7-5-8-19(25)15-18/h5-8,11,14-15,20-21H,2-4,9-10,12-13,16-17H2,1H3. The smallest absolute Gasteiger partial charge is 0.254 e. The third-order valence-corrected chi connectivity index (χ3v) is 6.35. The molecule has 30 heavy (non-hydrogen) atoms. The van der Waals surface area contributed by atoms with Crippen LogP contribution in [0.1, 0.15) is 61.0 Å². The molecule has 1 heterocycles. The van der Waals surface area contributed by atoms with Gasteiger partial charge in [-0.3, -0.25) is 9.59 Å². The Balaban J connectivity index is 1.54. The molecule has 0 aliphatic heterocycles. The van der Waals surface area contributed by atoms with Crippen LogP contribution in [0.4, 0.5) is 4.39 Å². The molecule has 2 saturated carbocycles. The van der Waals surface area contributed by atoms with Crippen molar-refractivity contribution in [1.82, 2.24) is 14.4 Å². The van der Waals surface area contributed by atoms with Crippen molar-refractivity contribution in [3.8, 4) is 0 Å².